The number of halogens is 2. The van der Waals surface area contributed by atoms with E-state index >= 15 is 0 Å². The Morgan fingerprint density at radius 1 is 1.05 bits per heavy atom. The highest BCUT2D eigenvalue weighted by Gasteiger charge is 2.11. The average Bonchev–Trinajstić information content (AvgIpc) is 2.49. The maximum Gasteiger partial charge on any atom is 0.387 e. The number of anilines is 1. The molecule has 1 atom stereocenters. The zero-order valence-corrected chi connectivity index (χ0v) is 12.7. The molecule has 0 heterocycles. The molecule has 0 fully saturated rings. The van der Waals surface area contributed by atoms with Gasteiger partial charge in [0.15, 0.2) is 5.11 Å². The second-order valence-electron chi connectivity index (χ2n) is 4.61. The molecule has 2 rings (SSSR count). The Kier molecular flexibility index (Phi) is 5.66. The van der Waals surface area contributed by atoms with Gasteiger partial charge in [-0.2, -0.15) is 8.78 Å². The average molecular weight is 322 g/mol. The standard InChI is InChI=1S/C16H16F2N2OS/c1-11(12-7-3-2-4-8-12)19-16(22)20-13-9-5-6-10-14(13)21-15(17)18/h2-11,15H,1H3,(H2,19,20,22). The Morgan fingerprint density at radius 2 is 1.68 bits per heavy atom. The predicted octanol–water partition coefficient (Wildman–Crippen LogP) is 4.34. The Hall–Kier alpha value is -2.21. The Labute approximate surface area is 133 Å². The number of benzene rings is 2. The molecule has 2 N–H and O–H groups in total. The first-order valence-electron chi connectivity index (χ1n) is 6.72. The van der Waals surface area contributed by atoms with Crippen molar-refractivity contribution in [2.45, 2.75) is 19.6 Å². The Bertz CT molecular complexity index is 623. The maximum atomic E-state index is 12.4. The van der Waals surface area contributed by atoms with Gasteiger partial charge in [0.25, 0.3) is 0 Å². The van der Waals surface area contributed by atoms with Gasteiger partial charge in [0.2, 0.25) is 0 Å². The van der Waals surface area contributed by atoms with Gasteiger partial charge in [-0.1, -0.05) is 42.5 Å². The molecule has 0 spiro atoms. The fourth-order valence-electron chi connectivity index (χ4n) is 1.95. The molecule has 0 amide bonds. The number of para-hydroxylation sites is 2. The molecule has 0 saturated heterocycles. The van der Waals surface area contributed by atoms with Gasteiger partial charge in [-0.15, -0.1) is 0 Å². The highest BCUT2D eigenvalue weighted by atomic mass is 32.1. The van der Waals surface area contributed by atoms with E-state index in [0.717, 1.165) is 5.56 Å². The van der Waals surface area contributed by atoms with Gasteiger partial charge >= 0.3 is 6.61 Å². The van der Waals surface area contributed by atoms with Gasteiger partial charge in [-0.05, 0) is 36.8 Å². The minimum absolute atomic E-state index is 0.00983. The monoisotopic (exact) mass is 322 g/mol. The van der Waals surface area contributed by atoms with Gasteiger partial charge in [0, 0.05) is 0 Å². The van der Waals surface area contributed by atoms with Crippen molar-refractivity contribution in [3.8, 4) is 5.75 Å². The van der Waals surface area contributed by atoms with Crippen LogP contribution in [0.3, 0.4) is 0 Å². The third-order valence-electron chi connectivity index (χ3n) is 3.00. The van der Waals surface area contributed by atoms with E-state index in [1.165, 1.54) is 6.07 Å². The van der Waals surface area contributed by atoms with E-state index in [1.54, 1.807) is 18.2 Å². The van der Waals surface area contributed by atoms with Crippen LogP contribution in [0.15, 0.2) is 54.6 Å². The molecule has 0 aromatic heterocycles. The van der Waals surface area contributed by atoms with Crippen molar-refractivity contribution in [2.75, 3.05) is 5.32 Å². The zero-order chi connectivity index (χ0) is 15.9. The van der Waals surface area contributed by atoms with Crippen LogP contribution in [-0.4, -0.2) is 11.7 Å². The minimum Gasteiger partial charge on any atom is -0.433 e. The molecule has 0 saturated carbocycles. The molecule has 0 bridgehead atoms. The van der Waals surface area contributed by atoms with Crippen LogP contribution in [0.2, 0.25) is 0 Å². The molecule has 2 aromatic rings. The van der Waals surface area contributed by atoms with Crippen LogP contribution in [0.4, 0.5) is 14.5 Å². The Balaban J connectivity index is 2.00. The van der Waals surface area contributed by atoms with Crippen LogP contribution in [0.1, 0.15) is 18.5 Å². The van der Waals surface area contributed by atoms with E-state index in [0.29, 0.717) is 10.8 Å². The number of rotatable bonds is 5. The van der Waals surface area contributed by atoms with Crippen LogP contribution < -0.4 is 15.4 Å². The molecule has 0 aliphatic carbocycles. The number of alkyl halides is 2. The summed E-state index contributed by atoms with van der Waals surface area (Å²) in [5.41, 5.74) is 1.46. The number of ether oxygens (including phenoxy) is 1. The molecular weight excluding hydrogens is 306 g/mol. The second-order valence-corrected chi connectivity index (χ2v) is 5.01. The molecule has 6 heteroatoms. The summed E-state index contributed by atoms with van der Waals surface area (Å²) in [6.07, 6.45) is 0. The lowest BCUT2D eigenvalue weighted by molar-refractivity contribution is -0.0493. The predicted molar refractivity (Wildman–Crippen MR) is 87.3 cm³/mol. The first-order chi connectivity index (χ1) is 10.6. The largest absolute Gasteiger partial charge is 0.433 e. The summed E-state index contributed by atoms with van der Waals surface area (Å²) < 4.78 is 29.2. The van der Waals surface area contributed by atoms with Crippen molar-refractivity contribution in [3.05, 3.63) is 60.2 Å². The van der Waals surface area contributed by atoms with Gasteiger partial charge in [0.1, 0.15) is 5.75 Å². The van der Waals surface area contributed by atoms with Gasteiger partial charge in [-0.25, -0.2) is 0 Å². The van der Waals surface area contributed by atoms with Crippen molar-refractivity contribution in [3.63, 3.8) is 0 Å². The van der Waals surface area contributed by atoms with E-state index in [4.69, 9.17) is 12.2 Å². The Morgan fingerprint density at radius 3 is 2.36 bits per heavy atom. The van der Waals surface area contributed by atoms with Crippen molar-refractivity contribution in [1.82, 2.24) is 5.32 Å². The lowest BCUT2D eigenvalue weighted by Gasteiger charge is -2.18. The minimum atomic E-state index is -2.88. The van der Waals surface area contributed by atoms with E-state index < -0.39 is 6.61 Å². The number of nitrogens with one attached hydrogen (secondary N) is 2. The first-order valence-corrected chi connectivity index (χ1v) is 7.13. The summed E-state index contributed by atoms with van der Waals surface area (Å²) >= 11 is 5.22. The molecule has 2 aromatic carbocycles. The molecule has 3 nitrogen and oxygen atoms in total. The maximum absolute atomic E-state index is 12.4. The molecule has 116 valence electrons. The number of hydrogen-bond acceptors (Lipinski definition) is 2. The molecule has 1 unspecified atom stereocenters. The SMILES string of the molecule is CC(NC(=S)Nc1ccccc1OC(F)F)c1ccccc1. The molecule has 0 radical (unpaired) electrons. The normalized spacial score (nSPS) is 11.8. The summed E-state index contributed by atoms with van der Waals surface area (Å²) in [5, 5.41) is 6.32. The fourth-order valence-corrected chi connectivity index (χ4v) is 2.24. The number of thiocarbonyl (C=S) groups is 1. The lowest BCUT2D eigenvalue weighted by atomic mass is 10.1. The number of hydrogen-bond donors (Lipinski definition) is 2. The third kappa shape index (κ3) is 4.66. The van der Waals surface area contributed by atoms with Crippen LogP contribution >= 0.6 is 12.2 Å². The van der Waals surface area contributed by atoms with E-state index in [1.807, 2.05) is 37.3 Å². The highest BCUT2D eigenvalue weighted by molar-refractivity contribution is 7.80. The van der Waals surface area contributed by atoms with Crippen molar-refractivity contribution in [1.29, 1.82) is 0 Å². The highest BCUT2D eigenvalue weighted by Crippen LogP contribution is 2.25. The molecule has 0 aliphatic heterocycles. The first kappa shape index (κ1) is 16.2. The topological polar surface area (TPSA) is 33.3 Å². The second kappa shape index (κ2) is 7.70. The van der Waals surface area contributed by atoms with Crippen molar-refractivity contribution >= 4 is 23.0 Å². The smallest absolute Gasteiger partial charge is 0.387 e. The zero-order valence-electron chi connectivity index (χ0n) is 11.9. The molecule has 0 aliphatic rings. The van der Waals surface area contributed by atoms with Crippen molar-refractivity contribution < 1.29 is 13.5 Å². The summed E-state index contributed by atoms with van der Waals surface area (Å²) in [6, 6.07) is 16.2. The van der Waals surface area contributed by atoms with E-state index in [-0.39, 0.29) is 11.8 Å². The van der Waals surface area contributed by atoms with Gasteiger partial charge in [-0.3, -0.25) is 0 Å². The van der Waals surface area contributed by atoms with Crippen LogP contribution in [0, 0.1) is 0 Å². The lowest BCUT2D eigenvalue weighted by Crippen LogP contribution is -2.31. The summed E-state index contributed by atoms with van der Waals surface area (Å²) in [5.74, 6) is 0.0500. The molecular formula is C16H16F2N2OS. The van der Waals surface area contributed by atoms with E-state index in [9.17, 15) is 8.78 Å². The van der Waals surface area contributed by atoms with Gasteiger partial charge in [0.05, 0.1) is 11.7 Å². The van der Waals surface area contributed by atoms with E-state index in [2.05, 4.69) is 15.4 Å². The quantitative estimate of drug-likeness (QED) is 0.803. The van der Waals surface area contributed by atoms with Crippen molar-refractivity contribution in [2.24, 2.45) is 0 Å². The van der Waals surface area contributed by atoms with Gasteiger partial charge < -0.3 is 15.4 Å². The summed E-state index contributed by atoms with van der Waals surface area (Å²) in [7, 11) is 0. The summed E-state index contributed by atoms with van der Waals surface area (Å²) in [6.45, 7) is -0.919. The fraction of sp³-hybridized carbons (Fsp3) is 0.188. The van der Waals surface area contributed by atoms with Crippen LogP contribution in [-0.2, 0) is 0 Å². The third-order valence-corrected chi connectivity index (χ3v) is 3.22. The van der Waals surface area contributed by atoms with Crippen LogP contribution in [0.25, 0.3) is 0 Å². The molecule has 22 heavy (non-hydrogen) atoms. The summed E-state index contributed by atoms with van der Waals surface area (Å²) in [4.78, 5) is 0. The van der Waals surface area contributed by atoms with Crippen LogP contribution in [0.5, 0.6) is 5.75 Å².